The van der Waals surface area contributed by atoms with Gasteiger partial charge in [0.25, 0.3) is 0 Å². The minimum atomic E-state index is 0.898. The second kappa shape index (κ2) is 13.6. The van der Waals surface area contributed by atoms with Crippen molar-refractivity contribution in [2.24, 2.45) is 0 Å². The number of fused-ring (bicyclic) bond motifs is 9. The summed E-state index contributed by atoms with van der Waals surface area (Å²) in [6.45, 7) is 0. The summed E-state index contributed by atoms with van der Waals surface area (Å²) in [7, 11) is 0. The Hall–Kier alpha value is -7.46. The highest BCUT2D eigenvalue weighted by atomic mass is 32.1. The lowest BCUT2D eigenvalue weighted by Gasteiger charge is -2.29. The summed E-state index contributed by atoms with van der Waals surface area (Å²) in [5.41, 5.74) is 11.9. The quantitative estimate of drug-likeness (QED) is 0.157. The highest BCUT2D eigenvalue weighted by Crippen LogP contribution is 2.47. The third kappa shape index (κ3) is 5.55. The number of rotatable bonds is 6. The molecule has 59 heavy (non-hydrogen) atoms. The van der Waals surface area contributed by atoms with Crippen molar-refractivity contribution in [2.45, 2.75) is 0 Å². The van der Waals surface area contributed by atoms with Gasteiger partial charge in [-0.3, -0.25) is 0 Å². The van der Waals surface area contributed by atoms with Gasteiger partial charge in [-0.25, -0.2) is 0 Å². The van der Waals surface area contributed by atoms with E-state index in [1.54, 1.807) is 0 Å². The molecule has 0 spiro atoms. The van der Waals surface area contributed by atoms with Gasteiger partial charge in [0.1, 0.15) is 11.2 Å². The largest absolute Gasteiger partial charge is 0.455 e. The number of furan rings is 1. The molecule has 2 heterocycles. The number of hydrogen-bond donors (Lipinski definition) is 0. The van der Waals surface area contributed by atoms with Gasteiger partial charge in [0.15, 0.2) is 0 Å². The number of thiophene rings is 1. The number of nitrogens with zero attached hydrogens (tertiary/aromatic N) is 1. The zero-order chi connectivity index (χ0) is 38.9. The van der Waals surface area contributed by atoms with E-state index in [9.17, 15) is 0 Å². The summed E-state index contributed by atoms with van der Waals surface area (Å²) in [5.74, 6) is 0. The molecule has 0 aliphatic carbocycles. The Morgan fingerprint density at radius 2 is 1.00 bits per heavy atom. The molecule has 0 unspecified atom stereocenters. The summed E-state index contributed by atoms with van der Waals surface area (Å²) < 4.78 is 9.15. The fourth-order valence-electron chi connectivity index (χ4n) is 9.11. The third-order valence-electron chi connectivity index (χ3n) is 11.8. The number of benzene rings is 10. The van der Waals surface area contributed by atoms with Gasteiger partial charge >= 0.3 is 0 Å². The molecular weight excluding hydrogens is 735 g/mol. The minimum Gasteiger partial charge on any atom is -0.455 e. The molecule has 0 N–H and O–H groups in total. The van der Waals surface area contributed by atoms with Crippen molar-refractivity contribution >= 4 is 92.1 Å². The van der Waals surface area contributed by atoms with Gasteiger partial charge in [0.2, 0.25) is 0 Å². The Kier molecular flexibility index (Phi) is 7.75. The van der Waals surface area contributed by atoms with Crippen LogP contribution >= 0.6 is 11.3 Å². The van der Waals surface area contributed by atoms with E-state index < -0.39 is 0 Å². The zero-order valence-electron chi connectivity index (χ0n) is 32.0. The van der Waals surface area contributed by atoms with Crippen LogP contribution in [0.2, 0.25) is 0 Å². The van der Waals surface area contributed by atoms with Gasteiger partial charge in [-0.1, -0.05) is 158 Å². The van der Waals surface area contributed by atoms with Crippen molar-refractivity contribution in [3.63, 3.8) is 0 Å². The van der Waals surface area contributed by atoms with Gasteiger partial charge in [0, 0.05) is 53.4 Å². The van der Waals surface area contributed by atoms with Crippen LogP contribution in [0, 0.1) is 0 Å². The standard InChI is InChI=1S/C56H35NOS/c1-2-14-36(15-3-1)43-30-28-39(50-33-38-16-4-5-19-42(38)45-20-6-7-21-46(45)50)34-52(43)57(41-29-31-55-51(35-41)48-23-9-11-27-54(48)59-55)40-18-12-17-37(32-40)44-24-13-25-49-47-22-8-10-26-53(47)58-56(44)49/h1-35H. The third-order valence-corrected chi connectivity index (χ3v) is 13.0. The predicted octanol–water partition coefficient (Wildman–Crippen LogP) is 16.7. The maximum Gasteiger partial charge on any atom is 0.143 e. The first kappa shape index (κ1) is 33.7. The van der Waals surface area contributed by atoms with Crippen LogP contribution in [0.3, 0.4) is 0 Å². The molecular formula is C56H35NOS. The maximum absolute atomic E-state index is 6.58. The van der Waals surface area contributed by atoms with E-state index in [2.05, 4.69) is 211 Å². The van der Waals surface area contributed by atoms with Gasteiger partial charge in [-0.05, 0) is 98.4 Å². The monoisotopic (exact) mass is 769 g/mol. The predicted molar refractivity (Wildman–Crippen MR) is 253 cm³/mol. The molecule has 0 aliphatic rings. The Labute approximate surface area is 345 Å². The molecule has 0 aliphatic heterocycles. The first-order valence-electron chi connectivity index (χ1n) is 20.1. The SMILES string of the molecule is c1ccc(-c2ccc(-c3cc4ccccc4c4ccccc34)cc2N(c2cccc(-c3cccc4c3oc3ccccc34)c2)c2ccc3sc4ccccc4c3c2)cc1. The second-order valence-electron chi connectivity index (χ2n) is 15.2. The lowest BCUT2D eigenvalue weighted by Crippen LogP contribution is -2.11. The van der Waals surface area contributed by atoms with Crippen molar-refractivity contribution in [1.29, 1.82) is 0 Å². The van der Waals surface area contributed by atoms with Crippen LogP contribution in [-0.2, 0) is 0 Å². The molecule has 2 nitrogen and oxygen atoms in total. The molecule has 276 valence electrons. The van der Waals surface area contributed by atoms with E-state index in [4.69, 9.17) is 4.42 Å². The molecule has 2 aromatic heterocycles. The summed E-state index contributed by atoms with van der Waals surface area (Å²) in [6.07, 6.45) is 0. The van der Waals surface area contributed by atoms with Crippen LogP contribution in [0.15, 0.2) is 217 Å². The van der Waals surface area contributed by atoms with E-state index in [-0.39, 0.29) is 0 Å². The van der Waals surface area contributed by atoms with Gasteiger partial charge < -0.3 is 9.32 Å². The molecule has 0 atom stereocenters. The molecule has 0 fully saturated rings. The van der Waals surface area contributed by atoms with E-state index in [0.717, 1.165) is 66.8 Å². The van der Waals surface area contributed by atoms with Gasteiger partial charge in [-0.2, -0.15) is 0 Å². The molecule has 12 rings (SSSR count). The Bertz CT molecular complexity index is 3580. The average Bonchev–Trinajstić information content (AvgIpc) is 3.88. The van der Waals surface area contributed by atoms with Crippen molar-refractivity contribution in [1.82, 2.24) is 0 Å². The van der Waals surface area contributed by atoms with E-state index in [1.807, 2.05) is 17.4 Å². The summed E-state index contributed by atoms with van der Waals surface area (Å²) in [5, 5.41) is 9.78. The second-order valence-corrected chi connectivity index (χ2v) is 16.3. The van der Waals surface area contributed by atoms with Crippen molar-refractivity contribution in [3.05, 3.63) is 212 Å². The molecule has 3 heteroatoms. The van der Waals surface area contributed by atoms with Crippen LogP contribution in [-0.4, -0.2) is 0 Å². The average molecular weight is 770 g/mol. The Morgan fingerprint density at radius 1 is 0.339 bits per heavy atom. The molecule has 0 saturated carbocycles. The van der Waals surface area contributed by atoms with Crippen molar-refractivity contribution < 1.29 is 4.42 Å². The van der Waals surface area contributed by atoms with Crippen LogP contribution in [0.1, 0.15) is 0 Å². The Balaban J connectivity index is 1.14. The van der Waals surface area contributed by atoms with Crippen molar-refractivity contribution in [3.8, 4) is 33.4 Å². The van der Waals surface area contributed by atoms with Crippen molar-refractivity contribution in [2.75, 3.05) is 4.90 Å². The summed E-state index contributed by atoms with van der Waals surface area (Å²) in [6, 6.07) is 77.2. The summed E-state index contributed by atoms with van der Waals surface area (Å²) in [4.78, 5) is 2.46. The molecule has 0 amide bonds. The zero-order valence-corrected chi connectivity index (χ0v) is 32.8. The van der Waals surface area contributed by atoms with Crippen LogP contribution in [0.25, 0.3) is 97.0 Å². The lowest BCUT2D eigenvalue weighted by atomic mass is 9.91. The maximum atomic E-state index is 6.58. The molecule has 10 aromatic carbocycles. The normalized spacial score (nSPS) is 11.7. The Morgan fingerprint density at radius 3 is 1.90 bits per heavy atom. The van der Waals surface area contributed by atoms with Crippen LogP contribution < -0.4 is 4.90 Å². The van der Waals surface area contributed by atoms with Crippen LogP contribution in [0.5, 0.6) is 0 Å². The number of anilines is 3. The number of para-hydroxylation sites is 2. The van der Waals surface area contributed by atoms with E-state index in [0.29, 0.717) is 0 Å². The fourth-order valence-corrected chi connectivity index (χ4v) is 10.2. The molecule has 0 bridgehead atoms. The lowest BCUT2D eigenvalue weighted by molar-refractivity contribution is 0.670. The summed E-state index contributed by atoms with van der Waals surface area (Å²) >= 11 is 1.85. The van der Waals surface area contributed by atoms with E-state index in [1.165, 1.54) is 47.3 Å². The van der Waals surface area contributed by atoms with Crippen LogP contribution in [0.4, 0.5) is 17.1 Å². The fraction of sp³-hybridized carbons (Fsp3) is 0. The topological polar surface area (TPSA) is 16.4 Å². The molecule has 0 radical (unpaired) electrons. The first-order valence-corrected chi connectivity index (χ1v) is 20.9. The van der Waals surface area contributed by atoms with Gasteiger partial charge in [-0.15, -0.1) is 11.3 Å². The minimum absolute atomic E-state index is 0.898. The smallest absolute Gasteiger partial charge is 0.143 e. The van der Waals surface area contributed by atoms with Gasteiger partial charge in [0.05, 0.1) is 5.69 Å². The highest BCUT2D eigenvalue weighted by molar-refractivity contribution is 7.25. The molecule has 12 aromatic rings. The van der Waals surface area contributed by atoms with E-state index >= 15 is 0 Å². The number of hydrogen-bond acceptors (Lipinski definition) is 3. The highest BCUT2D eigenvalue weighted by Gasteiger charge is 2.22. The molecule has 0 saturated heterocycles. The first-order chi connectivity index (χ1) is 29.2.